The first-order chi connectivity index (χ1) is 8.48. The lowest BCUT2D eigenvalue weighted by molar-refractivity contribution is 0.0202. The van der Waals surface area contributed by atoms with Gasteiger partial charge in [0.25, 0.3) is 0 Å². The van der Waals surface area contributed by atoms with Gasteiger partial charge in [0.2, 0.25) is 0 Å². The predicted molar refractivity (Wildman–Crippen MR) is 75.9 cm³/mol. The van der Waals surface area contributed by atoms with Crippen molar-refractivity contribution in [1.82, 2.24) is 10.2 Å². The van der Waals surface area contributed by atoms with Crippen molar-refractivity contribution < 1.29 is 4.74 Å². The molecule has 1 saturated heterocycles. The van der Waals surface area contributed by atoms with Crippen LogP contribution in [0.25, 0.3) is 0 Å². The topological polar surface area (TPSA) is 24.5 Å². The van der Waals surface area contributed by atoms with Crippen molar-refractivity contribution in [3.8, 4) is 0 Å². The summed E-state index contributed by atoms with van der Waals surface area (Å²) >= 11 is 0. The highest BCUT2D eigenvalue weighted by atomic mass is 16.5. The summed E-state index contributed by atoms with van der Waals surface area (Å²) in [7, 11) is 0. The fourth-order valence-electron chi connectivity index (χ4n) is 2.72. The predicted octanol–water partition coefficient (Wildman–Crippen LogP) is 2.41. The fourth-order valence-corrected chi connectivity index (χ4v) is 2.72. The van der Waals surface area contributed by atoms with Gasteiger partial charge in [0.15, 0.2) is 0 Å². The van der Waals surface area contributed by atoms with E-state index >= 15 is 0 Å². The van der Waals surface area contributed by atoms with Crippen LogP contribution in [-0.4, -0.2) is 48.3 Å². The van der Waals surface area contributed by atoms with Gasteiger partial charge in [-0.15, -0.1) is 0 Å². The van der Waals surface area contributed by atoms with Crippen LogP contribution in [0.3, 0.4) is 0 Å². The number of hydrogen-bond acceptors (Lipinski definition) is 3. The Balaban J connectivity index is 1.67. The number of hydrogen-bond donors (Lipinski definition) is 1. The van der Waals surface area contributed by atoms with Crippen molar-refractivity contribution in [3.63, 3.8) is 0 Å². The zero-order valence-corrected chi connectivity index (χ0v) is 12.5. The lowest BCUT2D eigenvalue weighted by atomic mass is 10.1. The number of nitrogens with zero attached hydrogens (tertiary/aromatic N) is 1. The Kier molecular flexibility index (Phi) is 4.68. The second-order valence-electron chi connectivity index (χ2n) is 6.91. The molecular weight excluding hydrogens is 224 g/mol. The third-order valence-electron chi connectivity index (χ3n) is 3.96. The molecule has 106 valence electrons. The van der Waals surface area contributed by atoms with Gasteiger partial charge in [-0.3, -0.25) is 4.90 Å². The Morgan fingerprint density at radius 2 is 1.78 bits per heavy atom. The van der Waals surface area contributed by atoms with E-state index in [4.69, 9.17) is 4.74 Å². The van der Waals surface area contributed by atoms with Crippen LogP contribution >= 0.6 is 0 Å². The molecule has 3 heteroatoms. The van der Waals surface area contributed by atoms with Crippen molar-refractivity contribution in [3.05, 3.63) is 0 Å². The Bertz CT molecular complexity index is 258. The van der Waals surface area contributed by atoms with Crippen molar-refractivity contribution in [2.24, 2.45) is 0 Å². The van der Waals surface area contributed by atoms with Gasteiger partial charge in [0.1, 0.15) is 0 Å². The van der Waals surface area contributed by atoms with Crippen molar-refractivity contribution in [2.75, 3.05) is 19.6 Å². The molecule has 1 saturated carbocycles. The number of ether oxygens (including phenoxy) is 1. The molecule has 0 amide bonds. The fraction of sp³-hybridized carbons (Fsp3) is 1.00. The quantitative estimate of drug-likeness (QED) is 0.788. The first kappa shape index (κ1) is 14.3. The van der Waals surface area contributed by atoms with Crippen molar-refractivity contribution in [1.29, 1.82) is 0 Å². The Morgan fingerprint density at radius 3 is 2.33 bits per heavy atom. The lowest BCUT2D eigenvalue weighted by Gasteiger charge is -2.25. The summed E-state index contributed by atoms with van der Waals surface area (Å²) in [5.74, 6) is 0. The summed E-state index contributed by atoms with van der Waals surface area (Å²) < 4.78 is 6.16. The monoisotopic (exact) mass is 254 g/mol. The second kappa shape index (κ2) is 5.89. The molecule has 18 heavy (non-hydrogen) atoms. The summed E-state index contributed by atoms with van der Waals surface area (Å²) in [6.45, 7) is 12.2. The smallest absolute Gasteiger partial charge is 0.0707 e. The molecule has 0 radical (unpaired) electrons. The van der Waals surface area contributed by atoms with E-state index in [9.17, 15) is 0 Å². The molecule has 0 bridgehead atoms. The number of rotatable bonds is 6. The molecule has 2 fully saturated rings. The molecule has 1 aliphatic carbocycles. The molecule has 2 aliphatic rings. The van der Waals surface area contributed by atoms with E-state index in [2.05, 4.69) is 37.9 Å². The molecule has 0 aromatic heterocycles. The molecule has 0 aromatic carbocycles. The standard InChI is InChI=1S/C15H30N2O/c1-5-17(12-6-7-12)11-14-9-8-13(18-14)10-16-15(2,3)4/h12-14,16H,5-11H2,1-4H3. The SMILES string of the molecule is CCN(CC1CCC(CNC(C)(C)C)O1)C1CC1. The van der Waals surface area contributed by atoms with Crippen molar-refractivity contribution >= 4 is 0 Å². The van der Waals surface area contributed by atoms with E-state index < -0.39 is 0 Å². The summed E-state index contributed by atoms with van der Waals surface area (Å²) in [6, 6.07) is 0.866. The molecule has 1 N–H and O–H groups in total. The van der Waals surface area contributed by atoms with E-state index in [1.54, 1.807) is 0 Å². The second-order valence-corrected chi connectivity index (χ2v) is 6.91. The van der Waals surface area contributed by atoms with Crippen LogP contribution in [0.2, 0.25) is 0 Å². The minimum Gasteiger partial charge on any atom is -0.372 e. The third kappa shape index (κ3) is 4.52. The molecule has 0 spiro atoms. The zero-order chi connectivity index (χ0) is 13.2. The highest BCUT2D eigenvalue weighted by molar-refractivity contribution is 4.87. The number of likely N-dealkylation sites (N-methyl/N-ethyl adjacent to an activating group) is 1. The lowest BCUT2D eigenvalue weighted by Crippen LogP contribution is -2.41. The van der Waals surface area contributed by atoms with Gasteiger partial charge in [-0.2, -0.15) is 0 Å². The van der Waals surface area contributed by atoms with E-state index in [0.717, 1.165) is 19.1 Å². The molecule has 2 atom stereocenters. The molecule has 3 nitrogen and oxygen atoms in total. The maximum Gasteiger partial charge on any atom is 0.0707 e. The average molecular weight is 254 g/mol. The van der Waals surface area contributed by atoms with Crippen LogP contribution < -0.4 is 5.32 Å². The van der Waals surface area contributed by atoms with Crippen LogP contribution in [-0.2, 0) is 4.74 Å². The van der Waals surface area contributed by atoms with Gasteiger partial charge in [-0.05, 0) is 53.0 Å². The summed E-state index contributed by atoms with van der Waals surface area (Å²) in [5.41, 5.74) is 0.199. The van der Waals surface area contributed by atoms with E-state index in [1.807, 2.05) is 0 Å². The first-order valence-corrected chi connectivity index (χ1v) is 7.62. The molecule has 1 heterocycles. The maximum atomic E-state index is 6.16. The Morgan fingerprint density at radius 1 is 1.11 bits per heavy atom. The molecule has 0 aromatic rings. The van der Waals surface area contributed by atoms with Gasteiger partial charge >= 0.3 is 0 Å². The van der Waals surface area contributed by atoms with E-state index in [-0.39, 0.29) is 5.54 Å². The Hall–Kier alpha value is -0.120. The molecule has 2 rings (SSSR count). The summed E-state index contributed by atoms with van der Waals surface area (Å²) in [4.78, 5) is 2.60. The Labute approximate surface area is 112 Å². The maximum absolute atomic E-state index is 6.16. The highest BCUT2D eigenvalue weighted by Crippen LogP contribution is 2.29. The zero-order valence-electron chi connectivity index (χ0n) is 12.5. The van der Waals surface area contributed by atoms with Crippen molar-refractivity contribution in [2.45, 2.75) is 77.2 Å². The van der Waals surface area contributed by atoms with Gasteiger partial charge < -0.3 is 10.1 Å². The van der Waals surface area contributed by atoms with Gasteiger partial charge in [-0.1, -0.05) is 6.92 Å². The van der Waals surface area contributed by atoms with E-state index in [1.165, 1.54) is 32.2 Å². The van der Waals surface area contributed by atoms with Crippen LogP contribution in [0.5, 0.6) is 0 Å². The van der Waals surface area contributed by atoms with Gasteiger partial charge in [0, 0.05) is 24.7 Å². The molecule has 2 unspecified atom stereocenters. The average Bonchev–Trinajstić information content (AvgIpc) is 3.03. The summed E-state index contributed by atoms with van der Waals surface area (Å²) in [6.07, 6.45) is 6.14. The van der Waals surface area contributed by atoms with Crippen LogP contribution in [0.1, 0.15) is 53.4 Å². The van der Waals surface area contributed by atoms with Crippen LogP contribution in [0.4, 0.5) is 0 Å². The van der Waals surface area contributed by atoms with Gasteiger partial charge in [0.05, 0.1) is 12.2 Å². The highest BCUT2D eigenvalue weighted by Gasteiger charge is 2.32. The largest absolute Gasteiger partial charge is 0.372 e. The first-order valence-electron chi connectivity index (χ1n) is 7.62. The minimum atomic E-state index is 0.199. The number of nitrogens with one attached hydrogen (secondary N) is 1. The summed E-state index contributed by atoms with van der Waals surface area (Å²) in [5, 5.41) is 3.55. The van der Waals surface area contributed by atoms with Gasteiger partial charge in [-0.25, -0.2) is 0 Å². The van der Waals surface area contributed by atoms with Crippen LogP contribution in [0, 0.1) is 0 Å². The third-order valence-corrected chi connectivity index (χ3v) is 3.96. The molecular formula is C15H30N2O. The minimum absolute atomic E-state index is 0.199. The normalized spacial score (nSPS) is 29.2. The van der Waals surface area contributed by atoms with E-state index in [0.29, 0.717) is 12.2 Å². The van der Waals surface area contributed by atoms with Crippen LogP contribution in [0.15, 0.2) is 0 Å². The molecule has 1 aliphatic heterocycles.